The van der Waals surface area contributed by atoms with Crippen LogP contribution in [0.25, 0.3) is 0 Å². The summed E-state index contributed by atoms with van der Waals surface area (Å²) in [5, 5.41) is 0. The van der Waals surface area contributed by atoms with Gasteiger partial charge >= 0.3 is 0 Å². The number of nitrogens with two attached hydrogens (primary N) is 1. The van der Waals surface area contributed by atoms with Crippen LogP contribution < -0.4 is 5.73 Å². The molecule has 0 aromatic rings. The van der Waals surface area contributed by atoms with Gasteiger partial charge in [-0.3, -0.25) is 0 Å². The summed E-state index contributed by atoms with van der Waals surface area (Å²) >= 11 is 0. The molecule has 1 aliphatic heterocycles. The summed E-state index contributed by atoms with van der Waals surface area (Å²) in [5.41, 5.74) is 5.74. The van der Waals surface area contributed by atoms with Crippen LogP contribution in [0.3, 0.4) is 0 Å². The van der Waals surface area contributed by atoms with E-state index >= 15 is 0 Å². The minimum absolute atomic E-state index is 0.0469. The molecular weight excluding hydrogens is 238 g/mol. The van der Waals surface area contributed by atoms with Gasteiger partial charge in [-0.25, -0.2) is 0 Å². The molecule has 1 rings (SSSR count). The molecular formula is C11H25N3O2S. The van der Waals surface area contributed by atoms with Crippen LogP contribution in [-0.2, 0) is 10.2 Å². The Morgan fingerprint density at radius 1 is 1.35 bits per heavy atom. The molecule has 0 aromatic heterocycles. The Bertz CT molecular complexity index is 328. The van der Waals surface area contributed by atoms with Crippen molar-refractivity contribution in [3.05, 3.63) is 0 Å². The molecule has 0 saturated carbocycles. The van der Waals surface area contributed by atoms with Crippen LogP contribution in [0.2, 0.25) is 0 Å². The van der Waals surface area contributed by atoms with Crippen molar-refractivity contribution in [2.24, 2.45) is 11.7 Å². The second-order valence-electron chi connectivity index (χ2n) is 4.63. The molecule has 0 bridgehead atoms. The first-order valence-electron chi connectivity index (χ1n) is 6.46. The van der Waals surface area contributed by atoms with E-state index in [0.29, 0.717) is 32.1 Å². The maximum Gasteiger partial charge on any atom is 0.282 e. The molecule has 0 amide bonds. The van der Waals surface area contributed by atoms with Gasteiger partial charge in [0.1, 0.15) is 0 Å². The van der Waals surface area contributed by atoms with Crippen LogP contribution >= 0.6 is 0 Å². The van der Waals surface area contributed by atoms with Gasteiger partial charge in [0.05, 0.1) is 0 Å². The lowest BCUT2D eigenvalue weighted by atomic mass is 9.93. The monoisotopic (exact) mass is 263 g/mol. The smallest absolute Gasteiger partial charge is 0.282 e. The Kier molecular flexibility index (Phi) is 5.37. The van der Waals surface area contributed by atoms with E-state index in [2.05, 4.69) is 6.92 Å². The predicted molar refractivity (Wildman–Crippen MR) is 69.8 cm³/mol. The highest BCUT2D eigenvalue weighted by Crippen LogP contribution is 2.26. The Hall–Kier alpha value is -0.170. The Morgan fingerprint density at radius 3 is 2.41 bits per heavy atom. The van der Waals surface area contributed by atoms with Gasteiger partial charge in [0.2, 0.25) is 0 Å². The number of rotatable bonds is 5. The van der Waals surface area contributed by atoms with Gasteiger partial charge in [-0.1, -0.05) is 20.8 Å². The molecule has 1 saturated heterocycles. The molecule has 0 aliphatic carbocycles. The highest BCUT2D eigenvalue weighted by molar-refractivity contribution is 7.86. The highest BCUT2D eigenvalue weighted by Gasteiger charge is 2.37. The summed E-state index contributed by atoms with van der Waals surface area (Å²) in [4.78, 5) is 0. The molecule has 17 heavy (non-hydrogen) atoms. The summed E-state index contributed by atoms with van der Waals surface area (Å²) in [5.74, 6) is 0.346. The Morgan fingerprint density at radius 2 is 1.94 bits per heavy atom. The number of nitrogens with zero attached hydrogens (tertiary/aromatic N) is 2. The summed E-state index contributed by atoms with van der Waals surface area (Å²) in [6, 6.07) is -0.0469. The van der Waals surface area contributed by atoms with Crippen LogP contribution in [0.15, 0.2) is 0 Å². The molecule has 1 aliphatic rings. The zero-order chi connectivity index (χ0) is 13.1. The Labute approximate surface area is 105 Å². The maximum atomic E-state index is 12.5. The van der Waals surface area contributed by atoms with Crippen molar-refractivity contribution in [1.29, 1.82) is 0 Å². The van der Waals surface area contributed by atoms with Crippen LogP contribution in [0.1, 0.15) is 33.6 Å². The standard InChI is InChI=1S/C11H25N3O2S/c1-4-13(5-2)17(15,16)14-8-6-7-10(3)11(14)9-12/h10-11H,4-9,12H2,1-3H3/t10-,11-/m1/s1. The zero-order valence-corrected chi connectivity index (χ0v) is 11.9. The van der Waals surface area contributed by atoms with Crippen molar-refractivity contribution in [1.82, 2.24) is 8.61 Å². The van der Waals surface area contributed by atoms with Gasteiger partial charge in [-0.2, -0.15) is 17.0 Å². The van der Waals surface area contributed by atoms with Crippen molar-refractivity contribution in [3.63, 3.8) is 0 Å². The summed E-state index contributed by atoms with van der Waals surface area (Å²) < 4.78 is 28.0. The molecule has 0 spiro atoms. The predicted octanol–water partition coefficient (Wildman–Crippen LogP) is 0.632. The summed E-state index contributed by atoms with van der Waals surface area (Å²) in [7, 11) is -3.33. The maximum absolute atomic E-state index is 12.5. The second-order valence-corrected chi connectivity index (χ2v) is 6.51. The first-order chi connectivity index (χ1) is 7.98. The van der Waals surface area contributed by atoms with E-state index in [-0.39, 0.29) is 6.04 Å². The molecule has 5 nitrogen and oxygen atoms in total. The zero-order valence-electron chi connectivity index (χ0n) is 11.1. The fourth-order valence-electron chi connectivity index (χ4n) is 2.55. The Balaban J connectivity index is 2.95. The molecule has 2 atom stereocenters. The fourth-order valence-corrected chi connectivity index (χ4v) is 4.49. The minimum Gasteiger partial charge on any atom is -0.329 e. The second kappa shape index (κ2) is 6.13. The quantitative estimate of drug-likeness (QED) is 0.791. The summed E-state index contributed by atoms with van der Waals surface area (Å²) in [6.45, 7) is 7.86. The number of hydrogen-bond acceptors (Lipinski definition) is 3. The SMILES string of the molecule is CCN(CC)S(=O)(=O)N1CCC[C@@H](C)[C@H]1CN. The molecule has 102 valence electrons. The number of piperidine rings is 1. The molecule has 0 radical (unpaired) electrons. The van der Waals surface area contributed by atoms with E-state index < -0.39 is 10.2 Å². The van der Waals surface area contributed by atoms with E-state index in [4.69, 9.17) is 5.73 Å². The molecule has 0 aromatic carbocycles. The molecule has 1 fully saturated rings. The average molecular weight is 263 g/mol. The van der Waals surface area contributed by atoms with E-state index in [9.17, 15) is 8.42 Å². The van der Waals surface area contributed by atoms with E-state index in [1.807, 2.05) is 13.8 Å². The van der Waals surface area contributed by atoms with Crippen LogP contribution in [-0.4, -0.2) is 49.2 Å². The van der Waals surface area contributed by atoms with Gasteiger partial charge in [0, 0.05) is 32.2 Å². The average Bonchev–Trinajstić information content (AvgIpc) is 2.29. The van der Waals surface area contributed by atoms with E-state index in [1.54, 1.807) is 4.31 Å². The third-order valence-electron chi connectivity index (χ3n) is 3.63. The molecule has 0 unspecified atom stereocenters. The van der Waals surface area contributed by atoms with E-state index in [0.717, 1.165) is 12.8 Å². The highest BCUT2D eigenvalue weighted by atomic mass is 32.2. The van der Waals surface area contributed by atoms with Gasteiger partial charge in [-0.05, 0) is 18.8 Å². The van der Waals surface area contributed by atoms with Gasteiger partial charge in [0.25, 0.3) is 10.2 Å². The number of hydrogen-bond donors (Lipinski definition) is 1. The first-order valence-corrected chi connectivity index (χ1v) is 7.85. The summed E-state index contributed by atoms with van der Waals surface area (Å²) in [6.07, 6.45) is 1.99. The van der Waals surface area contributed by atoms with Crippen molar-refractivity contribution >= 4 is 10.2 Å². The van der Waals surface area contributed by atoms with Crippen molar-refractivity contribution in [2.45, 2.75) is 39.7 Å². The topological polar surface area (TPSA) is 66.6 Å². The minimum atomic E-state index is -3.33. The first kappa shape index (κ1) is 14.9. The molecule has 6 heteroatoms. The van der Waals surface area contributed by atoms with Crippen LogP contribution in [0.4, 0.5) is 0 Å². The van der Waals surface area contributed by atoms with Crippen molar-refractivity contribution < 1.29 is 8.42 Å². The van der Waals surface area contributed by atoms with Crippen molar-refractivity contribution in [3.8, 4) is 0 Å². The lowest BCUT2D eigenvalue weighted by Crippen LogP contribution is -2.55. The molecule has 1 heterocycles. The largest absolute Gasteiger partial charge is 0.329 e. The van der Waals surface area contributed by atoms with Gasteiger partial charge in [0.15, 0.2) is 0 Å². The third-order valence-corrected chi connectivity index (χ3v) is 5.85. The van der Waals surface area contributed by atoms with Gasteiger partial charge in [-0.15, -0.1) is 0 Å². The third kappa shape index (κ3) is 2.99. The van der Waals surface area contributed by atoms with Crippen LogP contribution in [0.5, 0.6) is 0 Å². The van der Waals surface area contributed by atoms with Crippen LogP contribution in [0, 0.1) is 5.92 Å². The normalized spacial score (nSPS) is 27.6. The fraction of sp³-hybridized carbons (Fsp3) is 1.00. The van der Waals surface area contributed by atoms with E-state index in [1.165, 1.54) is 4.31 Å². The van der Waals surface area contributed by atoms with Gasteiger partial charge < -0.3 is 5.73 Å². The lowest BCUT2D eigenvalue weighted by Gasteiger charge is -2.40. The molecule has 2 N–H and O–H groups in total. The van der Waals surface area contributed by atoms with Crippen molar-refractivity contribution in [2.75, 3.05) is 26.2 Å². The lowest BCUT2D eigenvalue weighted by molar-refractivity contribution is 0.181.